The minimum Gasteiger partial charge on any atom is -0.493 e. The van der Waals surface area contributed by atoms with Gasteiger partial charge in [0.05, 0.1) is 21.3 Å². The zero-order valence-electron chi connectivity index (χ0n) is 14.8. The maximum atomic E-state index is 5.37. The van der Waals surface area contributed by atoms with E-state index in [-0.39, 0.29) is 0 Å². The van der Waals surface area contributed by atoms with E-state index in [1.165, 1.54) is 0 Å². The fourth-order valence-electron chi connectivity index (χ4n) is 2.44. The molecular weight excluding hydrogens is 308 g/mol. The molecule has 2 aromatic rings. The lowest BCUT2D eigenvalue weighted by Gasteiger charge is -2.20. The van der Waals surface area contributed by atoms with Crippen molar-refractivity contribution in [3.63, 3.8) is 0 Å². The second-order valence-electron chi connectivity index (χ2n) is 4.97. The minimum atomic E-state index is 0.553. The maximum absolute atomic E-state index is 5.37. The van der Waals surface area contributed by atoms with E-state index in [1.807, 2.05) is 18.2 Å². The number of benzene rings is 1. The number of rotatable bonds is 8. The van der Waals surface area contributed by atoms with Crippen LogP contribution in [0.25, 0.3) is 0 Å². The highest BCUT2D eigenvalue weighted by molar-refractivity contribution is 5.67. The Labute approximate surface area is 142 Å². The van der Waals surface area contributed by atoms with Gasteiger partial charge in [0.2, 0.25) is 5.75 Å². The van der Waals surface area contributed by atoms with Crippen LogP contribution in [0.1, 0.15) is 13.8 Å². The first-order valence-corrected chi connectivity index (χ1v) is 7.80. The summed E-state index contributed by atoms with van der Waals surface area (Å²) in [4.78, 5) is 10.8. The van der Waals surface area contributed by atoms with Crippen molar-refractivity contribution in [1.29, 1.82) is 0 Å². The van der Waals surface area contributed by atoms with Crippen LogP contribution in [0.15, 0.2) is 24.5 Å². The van der Waals surface area contributed by atoms with E-state index in [0.717, 1.165) is 24.6 Å². The summed E-state index contributed by atoms with van der Waals surface area (Å²) in [6.07, 6.45) is 1.55. The largest absolute Gasteiger partial charge is 0.493 e. The predicted molar refractivity (Wildman–Crippen MR) is 95.0 cm³/mol. The normalized spacial score (nSPS) is 10.2. The van der Waals surface area contributed by atoms with Gasteiger partial charge in [0, 0.05) is 37.0 Å². The second kappa shape index (κ2) is 8.24. The lowest BCUT2D eigenvalue weighted by atomic mass is 10.2. The summed E-state index contributed by atoms with van der Waals surface area (Å²) in [6, 6.07) is 5.58. The number of hydrogen-bond donors (Lipinski definition) is 1. The van der Waals surface area contributed by atoms with Gasteiger partial charge in [-0.2, -0.15) is 0 Å². The number of methoxy groups -OCH3 is 3. The van der Waals surface area contributed by atoms with Crippen molar-refractivity contribution in [3.05, 3.63) is 24.5 Å². The van der Waals surface area contributed by atoms with Crippen LogP contribution in [-0.2, 0) is 0 Å². The smallest absolute Gasteiger partial charge is 0.203 e. The van der Waals surface area contributed by atoms with Crippen LogP contribution in [0.3, 0.4) is 0 Å². The monoisotopic (exact) mass is 332 g/mol. The molecule has 0 radical (unpaired) electrons. The average Bonchev–Trinajstić information content (AvgIpc) is 2.62. The maximum Gasteiger partial charge on any atom is 0.203 e. The molecule has 7 nitrogen and oxygen atoms in total. The van der Waals surface area contributed by atoms with Crippen molar-refractivity contribution < 1.29 is 14.2 Å². The highest BCUT2D eigenvalue weighted by Gasteiger charge is 2.14. The van der Waals surface area contributed by atoms with Gasteiger partial charge in [-0.1, -0.05) is 0 Å². The zero-order valence-corrected chi connectivity index (χ0v) is 14.8. The van der Waals surface area contributed by atoms with Gasteiger partial charge < -0.3 is 24.4 Å². The molecule has 0 bridgehead atoms. The van der Waals surface area contributed by atoms with Gasteiger partial charge in [-0.15, -0.1) is 0 Å². The van der Waals surface area contributed by atoms with E-state index in [1.54, 1.807) is 27.7 Å². The van der Waals surface area contributed by atoms with Crippen molar-refractivity contribution in [1.82, 2.24) is 9.97 Å². The van der Waals surface area contributed by atoms with Gasteiger partial charge >= 0.3 is 0 Å². The van der Waals surface area contributed by atoms with Crippen LogP contribution in [0.4, 0.5) is 17.3 Å². The summed E-state index contributed by atoms with van der Waals surface area (Å²) in [5, 5.41) is 3.25. The van der Waals surface area contributed by atoms with Crippen LogP contribution in [0.5, 0.6) is 17.2 Å². The quantitative estimate of drug-likeness (QED) is 0.796. The molecule has 2 rings (SSSR count). The van der Waals surface area contributed by atoms with E-state index < -0.39 is 0 Å². The molecule has 24 heavy (non-hydrogen) atoms. The third-order valence-corrected chi connectivity index (χ3v) is 3.68. The van der Waals surface area contributed by atoms with Crippen LogP contribution in [0, 0.1) is 0 Å². The molecule has 0 saturated heterocycles. The summed E-state index contributed by atoms with van der Waals surface area (Å²) in [6.45, 7) is 5.96. The van der Waals surface area contributed by atoms with Gasteiger partial charge in [-0.3, -0.25) is 0 Å². The Balaban J connectivity index is 2.32. The second-order valence-corrected chi connectivity index (χ2v) is 4.97. The number of ether oxygens (including phenoxy) is 3. The summed E-state index contributed by atoms with van der Waals surface area (Å²) in [7, 11) is 4.75. The molecule has 130 valence electrons. The third-order valence-electron chi connectivity index (χ3n) is 3.68. The number of aromatic nitrogens is 2. The fourth-order valence-corrected chi connectivity index (χ4v) is 2.44. The molecule has 0 spiro atoms. The highest BCUT2D eigenvalue weighted by Crippen LogP contribution is 2.40. The minimum absolute atomic E-state index is 0.553. The molecule has 0 aliphatic carbocycles. The zero-order chi connectivity index (χ0) is 17.5. The molecule has 0 atom stereocenters. The molecule has 0 amide bonds. The fraction of sp³-hybridized carbons (Fsp3) is 0.412. The Kier molecular flexibility index (Phi) is 6.06. The van der Waals surface area contributed by atoms with E-state index in [9.17, 15) is 0 Å². The summed E-state index contributed by atoms with van der Waals surface area (Å²) >= 11 is 0. The van der Waals surface area contributed by atoms with Crippen LogP contribution in [0.2, 0.25) is 0 Å². The van der Waals surface area contributed by atoms with Crippen LogP contribution in [-0.4, -0.2) is 44.4 Å². The van der Waals surface area contributed by atoms with Crippen molar-refractivity contribution in [3.8, 4) is 17.2 Å². The number of hydrogen-bond acceptors (Lipinski definition) is 7. The Morgan fingerprint density at radius 1 is 0.917 bits per heavy atom. The third kappa shape index (κ3) is 3.79. The molecule has 0 aliphatic heterocycles. The Morgan fingerprint density at radius 3 is 2.04 bits per heavy atom. The first-order chi connectivity index (χ1) is 11.7. The lowest BCUT2D eigenvalue weighted by molar-refractivity contribution is 0.324. The Hall–Kier alpha value is -2.70. The van der Waals surface area contributed by atoms with Crippen molar-refractivity contribution in [2.24, 2.45) is 0 Å². The van der Waals surface area contributed by atoms with Gasteiger partial charge in [-0.05, 0) is 13.8 Å². The molecule has 0 fully saturated rings. The topological polar surface area (TPSA) is 68.7 Å². The highest BCUT2D eigenvalue weighted by atomic mass is 16.5. The number of nitrogens with one attached hydrogen (secondary N) is 1. The van der Waals surface area contributed by atoms with Crippen LogP contribution >= 0.6 is 0 Å². The van der Waals surface area contributed by atoms with Gasteiger partial charge in [0.25, 0.3) is 0 Å². The SMILES string of the molecule is CCN(CC)c1cc(Nc2cc(OC)c(OC)c(OC)c2)ncn1. The summed E-state index contributed by atoms with van der Waals surface area (Å²) < 4.78 is 16.1. The molecule has 1 N–H and O–H groups in total. The molecule has 1 aromatic carbocycles. The van der Waals surface area contributed by atoms with Gasteiger partial charge in [0.1, 0.15) is 18.0 Å². The average molecular weight is 332 g/mol. The van der Waals surface area contributed by atoms with E-state index in [0.29, 0.717) is 23.1 Å². The molecular formula is C17H24N4O3. The number of nitrogens with zero attached hydrogens (tertiary/aromatic N) is 3. The van der Waals surface area contributed by atoms with Crippen LogP contribution < -0.4 is 24.4 Å². The van der Waals surface area contributed by atoms with E-state index in [4.69, 9.17) is 14.2 Å². The molecule has 0 aliphatic rings. The van der Waals surface area contributed by atoms with E-state index in [2.05, 4.69) is 34.0 Å². The lowest BCUT2D eigenvalue weighted by Crippen LogP contribution is -2.23. The molecule has 0 saturated carbocycles. The molecule has 1 aromatic heterocycles. The van der Waals surface area contributed by atoms with Crippen molar-refractivity contribution in [2.75, 3.05) is 44.6 Å². The molecule has 7 heteroatoms. The first kappa shape index (κ1) is 17.7. The number of anilines is 3. The van der Waals surface area contributed by atoms with Crippen molar-refractivity contribution in [2.45, 2.75) is 13.8 Å². The van der Waals surface area contributed by atoms with Gasteiger partial charge in [-0.25, -0.2) is 9.97 Å². The van der Waals surface area contributed by atoms with Crippen molar-refractivity contribution >= 4 is 17.3 Å². The summed E-state index contributed by atoms with van der Waals surface area (Å²) in [5.41, 5.74) is 0.786. The predicted octanol–water partition coefficient (Wildman–Crippen LogP) is 3.09. The van der Waals surface area contributed by atoms with E-state index >= 15 is 0 Å². The standard InChI is InChI=1S/C17H24N4O3/c1-6-21(7-2)16-10-15(18-11-19-16)20-12-8-13(22-3)17(24-5)14(9-12)23-4/h8-11H,6-7H2,1-5H3,(H,18,19,20). The molecule has 0 unspecified atom stereocenters. The van der Waals surface area contributed by atoms with Gasteiger partial charge in [0.15, 0.2) is 11.5 Å². The Bertz CT molecular complexity index is 650. The first-order valence-electron chi connectivity index (χ1n) is 7.80. The molecule has 1 heterocycles. The Morgan fingerprint density at radius 2 is 1.54 bits per heavy atom. The summed E-state index contributed by atoms with van der Waals surface area (Å²) in [5.74, 6) is 3.29.